The van der Waals surface area contributed by atoms with Crippen LogP contribution in [0.3, 0.4) is 0 Å². The first-order valence-corrected chi connectivity index (χ1v) is 7.64. The number of nitriles is 1. The Morgan fingerprint density at radius 1 is 1.19 bits per heavy atom. The van der Waals surface area contributed by atoms with Gasteiger partial charge in [0.05, 0.1) is 11.7 Å². The fourth-order valence-corrected chi connectivity index (χ4v) is 3.05. The molecule has 0 spiro atoms. The van der Waals surface area contributed by atoms with E-state index in [2.05, 4.69) is 0 Å². The van der Waals surface area contributed by atoms with Crippen LogP contribution >= 0.6 is 0 Å². The predicted octanol–water partition coefficient (Wildman–Crippen LogP) is 4.36. The zero-order valence-electron chi connectivity index (χ0n) is 12.4. The molecule has 1 aromatic carbocycles. The number of hydrogen-bond acceptors (Lipinski definition) is 2. The third-order valence-corrected chi connectivity index (χ3v) is 4.30. The molecule has 0 amide bonds. The quantitative estimate of drug-likeness (QED) is 0.808. The maximum atomic E-state index is 13.8. The Morgan fingerprint density at radius 2 is 1.90 bits per heavy atom. The minimum atomic E-state index is -1.02. The number of halogens is 2. The van der Waals surface area contributed by atoms with E-state index in [1.165, 1.54) is 12.1 Å². The summed E-state index contributed by atoms with van der Waals surface area (Å²) in [6.45, 7) is 2.76. The van der Waals surface area contributed by atoms with E-state index in [1.807, 2.05) is 6.92 Å². The monoisotopic (exact) mass is 293 g/mol. The second-order valence-corrected chi connectivity index (χ2v) is 5.65. The van der Waals surface area contributed by atoms with Crippen molar-refractivity contribution in [3.05, 3.63) is 34.9 Å². The Labute approximate surface area is 124 Å². The molecule has 0 atom stereocenters. The molecule has 0 saturated heterocycles. The topological polar surface area (TPSA) is 33.0 Å². The third-order valence-electron chi connectivity index (χ3n) is 4.30. The van der Waals surface area contributed by atoms with Crippen LogP contribution in [0.15, 0.2) is 12.1 Å². The van der Waals surface area contributed by atoms with Gasteiger partial charge >= 0.3 is 0 Å². The first-order chi connectivity index (χ1) is 10.2. The van der Waals surface area contributed by atoms with Crippen LogP contribution in [0.5, 0.6) is 0 Å². The van der Waals surface area contributed by atoms with Gasteiger partial charge in [-0.1, -0.05) is 6.07 Å². The van der Waals surface area contributed by atoms with Crippen LogP contribution in [0.2, 0.25) is 0 Å². The van der Waals surface area contributed by atoms with E-state index < -0.39 is 11.6 Å². The van der Waals surface area contributed by atoms with Crippen molar-refractivity contribution in [1.29, 1.82) is 5.26 Å². The highest BCUT2D eigenvalue weighted by Crippen LogP contribution is 2.30. The van der Waals surface area contributed by atoms with E-state index in [0.717, 1.165) is 38.7 Å². The Balaban J connectivity index is 1.87. The molecule has 1 saturated carbocycles. The molecule has 1 aromatic rings. The van der Waals surface area contributed by atoms with Crippen LogP contribution in [0.4, 0.5) is 8.78 Å². The first kappa shape index (κ1) is 15.9. The Kier molecular flexibility index (Phi) is 5.69. The van der Waals surface area contributed by atoms with Gasteiger partial charge in [-0.25, -0.2) is 8.78 Å². The van der Waals surface area contributed by atoms with E-state index in [1.54, 1.807) is 6.07 Å². The van der Waals surface area contributed by atoms with Gasteiger partial charge in [0.2, 0.25) is 0 Å². The lowest BCUT2D eigenvalue weighted by Crippen LogP contribution is -2.22. The highest BCUT2D eigenvalue weighted by Gasteiger charge is 2.22. The van der Waals surface area contributed by atoms with Gasteiger partial charge in [-0.2, -0.15) is 5.26 Å². The fraction of sp³-hybridized carbons (Fsp3) is 0.588. The van der Waals surface area contributed by atoms with E-state index in [-0.39, 0.29) is 5.56 Å². The zero-order chi connectivity index (χ0) is 15.2. The average Bonchev–Trinajstić information content (AvgIpc) is 2.50. The molecule has 0 radical (unpaired) electrons. The number of aryl methyl sites for hydroxylation is 1. The van der Waals surface area contributed by atoms with Gasteiger partial charge in [-0.15, -0.1) is 0 Å². The molecule has 0 aromatic heterocycles. The summed E-state index contributed by atoms with van der Waals surface area (Å²) >= 11 is 0. The lowest BCUT2D eigenvalue weighted by Gasteiger charge is -2.28. The molecule has 1 fully saturated rings. The zero-order valence-corrected chi connectivity index (χ0v) is 12.4. The van der Waals surface area contributed by atoms with Crippen molar-refractivity contribution in [3.8, 4) is 6.07 Å². The van der Waals surface area contributed by atoms with Crippen molar-refractivity contribution in [2.45, 2.75) is 51.6 Å². The molecule has 1 aliphatic rings. The lowest BCUT2D eigenvalue weighted by atomic mass is 9.83. The van der Waals surface area contributed by atoms with Gasteiger partial charge < -0.3 is 4.74 Å². The van der Waals surface area contributed by atoms with E-state index in [0.29, 0.717) is 24.0 Å². The lowest BCUT2D eigenvalue weighted by molar-refractivity contribution is 0.0248. The van der Waals surface area contributed by atoms with Crippen LogP contribution in [-0.2, 0) is 11.2 Å². The van der Waals surface area contributed by atoms with Gasteiger partial charge in [-0.05, 0) is 63.0 Å². The summed E-state index contributed by atoms with van der Waals surface area (Å²) in [4.78, 5) is 0. The molecule has 0 aliphatic heterocycles. The average molecular weight is 293 g/mol. The molecule has 2 rings (SSSR count). The summed E-state index contributed by atoms with van der Waals surface area (Å²) in [5.74, 6) is -1.33. The predicted molar refractivity (Wildman–Crippen MR) is 76.8 cm³/mol. The van der Waals surface area contributed by atoms with Crippen molar-refractivity contribution in [3.63, 3.8) is 0 Å². The van der Waals surface area contributed by atoms with E-state index in [9.17, 15) is 8.78 Å². The minimum absolute atomic E-state index is 0.228. The molecule has 114 valence electrons. The number of hydrogen-bond donors (Lipinski definition) is 0. The number of rotatable bonds is 5. The standard InChI is InChI=1S/C17H21F2NO/c1-2-21-15-9-4-12(5-10-15)3-6-13-7-8-14(11-20)17(19)16(13)18/h7-8,12,15H,2-6,9-10H2,1H3/t12-,15-. The summed E-state index contributed by atoms with van der Waals surface area (Å²) in [7, 11) is 0. The van der Waals surface area contributed by atoms with Gasteiger partial charge in [0.15, 0.2) is 11.6 Å². The van der Waals surface area contributed by atoms with Crippen LogP contribution in [-0.4, -0.2) is 12.7 Å². The summed E-state index contributed by atoms with van der Waals surface area (Å²) in [6, 6.07) is 4.55. The molecule has 2 nitrogen and oxygen atoms in total. The van der Waals surface area contributed by atoms with Gasteiger partial charge in [0.1, 0.15) is 6.07 Å². The van der Waals surface area contributed by atoms with Crippen LogP contribution in [0.1, 0.15) is 50.2 Å². The Bertz CT molecular complexity index is 516. The van der Waals surface area contributed by atoms with Crippen LogP contribution < -0.4 is 0 Å². The largest absolute Gasteiger partial charge is 0.379 e. The molecule has 0 unspecified atom stereocenters. The molecular formula is C17H21F2NO. The van der Waals surface area contributed by atoms with Gasteiger partial charge in [0.25, 0.3) is 0 Å². The van der Waals surface area contributed by atoms with Crippen molar-refractivity contribution in [2.75, 3.05) is 6.61 Å². The summed E-state index contributed by atoms with van der Waals surface area (Å²) < 4.78 is 33.0. The van der Waals surface area contributed by atoms with E-state index >= 15 is 0 Å². The summed E-state index contributed by atoms with van der Waals surface area (Å²) in [5.41, 5.74) is 0.145. The number of ether oxygens (including phenoxy) is 1. The summed E-state index contributed by atoms with van der Waals surface area (Å²) in [6.07, 6.45) is 6.05. The molecule has 0 bridgehead atoms. The molecule has 0 N–H and O–H groups in total. The highest BCUT2D eigenvalue weighted by atomic mass is 19.2. The fourth-order valence-electron chi connectivity index (χ4n) is 3.05. The maximum Gasteiger partial charge on any atom is 0.176 e. The van der Waals surface area contributed by atoms with Crippen molar-refractivity contribution in [1.82, 2.24) is 0 Å². The van der Waals surface area contributed by atoms with Crippen molar-refractivity contribution in [2.24, 2.45) is 5.92 Å². The third kappa shape index (κ3) is 4.01. The van der Waals surface area contributed by atoms with E-state index in [4.69, 9.17) is 10.00 Å². The van der Waals surface area contributed by atoms with Gasteiger partial charge in [-0.3, -0.25) is 0 Å². The van der Waals surface area contributed by atoms with Crippen LogP contribution in [0, 0.1) is 28.9 Å². The second kappa shape index (κ2) is 7.51. The van der Waals surface area contributed by atoms with Crippen molar-refractivity contribution >= 4 is 0 Å². The molecule has 1 aliphatic carbocycles. The first-order valence-electron chi connectivity index (χ1n) is 7.64. The molecule has 0 heterocycles. The highest BCUT2D eigenvalue weighted by molar-refractivity contribution is 5.34. The normalized spacial score (nSPS) is 22.0. The molecule has 21 heavy (non-hydrogen) atoms. The SMILES string of the molecule is CCO[C@H]1CC[C@H](CCc2ccc(C#N)c(F)c2F)CC1. The molecular weight excluding hydrogens is 272 g/mol. The van der Waals surface area contributed by atoms with Crippen LogP contribution in [0.25, 0.3) is 0 Å². The maximum absolute atomic E-state index is 13.8. The number of nitrogens with zero attached hydrogens (tertiary/aromatic N) is 1. The summed E-state index contributed by atoms with van der Waals surface area (Å²) in [5, 5.41) is 8.67. The molecule has 4 heteroatoms. The smallest absolute Gasteiger partial charge is 0.176 e. The Morgan fingerprint density at radius 3 is 2.52 bits per heavy atom. The second-order valence-electron chi connectivity index (χ2n) is 5.65. The minimum Gasteiger partial charge on any atom is -0.379 e. The van der Waals surface area contributed by atoms with Crippen molar-refractivity contribution < 1.29 is 13.5 Å². The number of benzene rings is 1. The Hall–Kier alpha value is -1.47. The van der Waals surface area contributed by atoms with Gasteiger partial charge in [0, 0.05) is 6.61 Å².